The van der Waals surface area contributed by atoms with Crippen molar-refractivity contribution in [1.29, 1.82) is 0 Å². The molecule has 3 aliphatic rings. The molecule has 3 aromatic rings. The normalized spacial score (nSPS) is 21.1. The summed E-state index contributed by atoms with van der Waals surface area (Å²) in [6.07, 6.45) is 15.3. The number of pyridine rings is 1. The van der Waals surface area contributed by atoms with E-state index < -0.39 is 11.6 Å². The van der Waals surface area contributed by atoms with Gasteiger partial charge in [-0.2, -0.15) is 0 Å². The van der Waals surface area contributed by atoms with Gasteiger partial charge in [0.15, 0.2) is 17.1 Å². The van der Waals surface area contributed by atoms with Crippen LogP contribution < -0.4 is 15.6 Å². The summed E-state index contributed by atoms with van der Waals surface area (Å²) in [6.45, 7) is 5.52. The van der Waals surface area contributed by atoms with E-state index in [0.717, 1.165) is 37.8 Å². The van der Waals surface area contributed by atoms with Crippen LogP contribution >= 0.6 is 11.8 Å². The van der Waals surface area contributed by atoms with Crippen LogP contribution in [0.2, 0.25) is 0 Å². The lowest BCUT2D eigenvalue weighted by molar-refractivity contribution is 0.181. The van der Waals surface area contributed by atoms with E-state index in [1.54, 1.807) is 18.6 Å². The van der Waals surface area contributed by atoms with Gasteiger partial charge in [0.1, 0.15) is 5.82 Å². The summed E-state index contributed by atoms with van der Waals surface area (Å²) in [5.74, 6) is -0.350. The Hall–Kier alpha value is -3.24. The molecule has 1 saturated heterocycles. The van der Waals surface area contributed by atoms with E-state index >= 15 is 0 Å². The lowest BCUT2D eigenvalue weighted by Gasteiger charge is -2.40. The fraction of sp³-hybridized carbons (Fsp3) is 0.393. The Morgan fingerprint density at radius 2 is 2.13 bits per heavy atom. The summed E-state index contributed by atoms with van der Waals surface area (Å²) in [6, 6.07) is 1.48. The number of nitrogens with zero attached hydrogens (tertiary/aromatic N) is 5. The van der Waals surface area contributed by atoms with Crippen molar-refractivity contribution in [2.24, 2.45) is 0 Å². The van der Waals surface area contributed by atoms with Gasteiger partial charge in [0, 0.05) is 74.7 Å². The maximum Gasteiger partial charge on any atom is 0.194 e. The lowest BCUT2D eigenvalue weighted by Crippen LogP contribution is -2.49. The smallest absolute Gasteiger partial charge is 0.194 e. The first-order valence-electron chi connectivity index (χ1n) is 13.0. The Labute approximate surface area is 224 Å². The van der Waals surface area contributed by atoms with Gasteiger partial charge in [-0.05, 0) is 43.7 Å². The maximum atomic E-state index is 14.5. The molecule has 1 N–H and O–H groups in total. The first-order valence-corrected chi connectivity index (χ1v) is 14.0. The summed E-state index contributed by atoms with van der Waals surface area (Å²) in [5, 5.41) is 3.54. The number of nitrogens with one attached hydrogen (secondary N) is 1. The monoisotopic (exact) mass is 536 g/mol. The molecule has 0 aliphatic carbocycles. The third kappa shape index (κ3) is 4.82. The molecule has 0 bridgehead atoms. The van der Waals surface area contributed by atoms with Gasteiger partial charge >= 0.3 is 0 Å². The van der Waals surface area contributed by atoms with Crippen LogP contribution in [0.25, 0.3) is 10.9 Å². The number of rotatable bonds is 6. The third-order valence-corrected chi connectivity index (χ3v) is 8.58. The van der Waals surface area contributed by atoms with Gasteiger partial charge in [-0.1, -0.05) is 6.08 Å². The summed E-state index contributed by atoms with van der Waals surface area (Å²) in [7, 11) is 0. The largest absolute Gasteiger partial charge is 0.385 e. The highest BCUT2D eigenvalue weighted by molar-refractivity contribution is 7.99. The molecule has 0 saturated carbocycles. The van der Waals surface area contributed by atoms with E-state index in [4.69, 9.17) is 0 Å². The third-order valence-electron chi connectivity index (χ3n) is 7.53. The van der Waals surface area contributed by atoms with Crippen molar-refractivity contribution >= 4 is 28.5 Å². The minimum absolute atomic E-state index is 0.178. The lowest BCUT2D eigenvalue weighted by atomic mass is 10.0. The predicted octanol–water partition coefficient (Wildman–Crippen LogP) is 4.08. The van der Waals surface area contributed by atoms with Crippen LogP contribution in [0, 0.1) is 11.6 Å². The van der Waals surface area contributed by atoms with Crippen molar-refractivity contribution in [2.75, 3.05) is 30.3 Å². The summed E-state index contributed by atoms with van der Waals surface area (Å²) in [5.41, 5.74) is 2.06. The molecule has 2 aromatic heterocycles. The van der Waals surface area contributed by atoms with E-state index in [0.29, 0.717) is 36.5 Å². The van der Waals surface area contributed by atoms with Gasteiger partial charge in [0.25, 0.3) is 0 Å². The highest BCUT2D eigenvalue weighted by atomic mass is 32.2. The van der Waals surface area contributed by atoms with Crippen molar-refractivity contribution in [2.45, 2.75) is 49.8 Å². The maximum absolute atomic E-state index is 14.5. The predicted molar refractivity (Wildman–Crippen MR) is 146 cm³/mol. The Kier molecular flexibility index (Phi) is 6.92. The number of hydrogen-bond acceptors (Lipinski definition) is 7. The topological polar surface area (TPSA) is 66.3 Å². The molecule has 0 amide bonds. The zero-order chi connectivity index (χ0) is 26.2. The number of halogens is 2. The van der Waals surface area contributed by atoms with Gasteiger partial charge in [0.2, 0.25) is 0 Å². The quantitative estimate of drug-likeness (QED) is 0.509. The summed E-state index contributed by atoms with van der Waals surface area (Å²) >= 11 is 1.27. The molecule has 2 atom stereocenters. The molecule has 0 radical (unpaired) electrons. The van der Waals surface area contributed by atoms with E-state index in [-0.39, 0.29) is 27.8 Å². The van der Waals surface area contributed by atoms with Gasteiger partial charge in [-0.25, -0.2) is 13.8 Å². The Bertz CT molecular complexity index is 1470. The van der Waals surface area contributed by atoms with E-state index in [1.807, 2.05) is 17.0 Å². The molecule has 1 aromatic carbocycles. The molecule has 38 heavy (non-hydrogen) atoms. The molecule has 0 spiro atoms. The number of benzene rings is 1. The van der Waals surface area contributed by atoms with Gasteiger partial charge in [0.05, 0.1) is 22.0 Å². The molecular formula is C28H30F2N6OS. The van der Waals surface area contributed by atoms with Crippen LogP contribution in [0.1, 0.15) is 25.3 Å². The first kappa shape index (κ1) is 25.1. The Morgan fingerprint density at radius 1 is 1.24 bits per heavy atom. The standard InChI is InChI=1S/C28H30F2N6OS/c1-18-11-19(4-5-32-18)14-36(21-3-2-8-34(17-21)24-13-31-6-7-33-24)16-20-15-35-9-10-38-28-25(30)23(29)12-22(26(28)35)27(20)37/h4-7,11-13,15,18,21,32H,2-3,8-10,14,16-17H2,1H3. The average molecular weight is 537 g/mol. The second-order valence-corrected chi connectivity index (χ2v) is 11.3. The van der Waals surface area contributed by atoms with Crippen LogP contribution in [0.5, 0.6) is 0 Å². The number of thioether (sulfide) groups is 1. The minimum atomic E-state index is -0.967. The molecule has 2 unspecified atom stereocenters. The number of dihydropyridines is 1. The fourth-order valence-corrected chi connectivity index (χ4v) is 6.80. The fourth-order valence-electron chi connectivity index (χ4n) is 5.72. The number of aromatic nitrogens is 3. The van der Waals surface area contributed by atoms with Crippen molar-refractivity contribution in [3.05, 3.63) is 82.2 Å². The van der Waals surface area contributed by atoms with Crippen molar-refractivity contribution in [3.8, 4) is 0 Å². The first-order chi connectivity index (χ1) is 18.5. The van der Waals surface area contributed by atoms with Crippen LogP contribution in [0.4, 0.5) is 14.6 Å². The number of piperidine rings is 1. The SMILES string of the molecule is CC1C=C(CN(Cc2cn3c4c(c(F)c(F)cc4c2=O)SCC3)C2CCCN(c3cnccn3)C2)C=CN1. The van der Waals surface area contributed by atoms with E-state index in [1.165, 1.54) is 17.3 Å². The zero-order valence-electron chi connectivity index (χ0n) is 21.2. The molecule has 6 rings (SSSR count). The Morgan fingerprint density at radius 3 is 2.95 bits per heavy atom. The molecule has 10 heteroatoms. The van der Waals surface area contributed by atoms with E-state index in [2.05, 4.69) is 44.2 Å². The molecule has 198 valence electrons. The van der Waals surface area contributed by atoms with Crippen molar-refractivity contribution < 1.29 is 8.78 Å². The van der Waals surface area contributed by atoms with Crippen molar-refractivity contribution in [1.82, 2.24) is 24.8 Å². The summed E-state index contributed by atoms with van der Waals surface area (Å²) < 4.78 is 31.0. The molecule has 5 heterocycles. The zero-order valence-corrected chi connectivity index (χ0v) is 22.1. The molecule has 3 aliphatic heterocycles. The van der Waals surface area contributed by atoms with Crippen LogP contribution in [0.3, 0.4) is 0 Å². The van der Waals surface area contributed by atoms with Crippen molar-refractivity contribution in [3.63, 3.8) is 0 Å². The second kappa shape index (κ2) is 10.5. The summed E-state index contributed by atoms with van der Waals surface area (Å²) in [4.78, 5) is 27.3. The van der Waals surface area contributed by atoms with E-state index in [9.17, 15) is 13.6 Å². The second-order valence-electron chi connectivity index (χ2n) is 10.2. The minimum Gasteiger partial charge on any atom is -0.385 e. The van der Waals surface area contributed by atoms with Crippen LogP contribution in [0.15, 0.2) is 64.5 Å². The molecule has 7 nitrogen and oxygen atoms in total. The van der Waals surface area contributed by atoms with Gasteiger partial charge < -0.3 is 14.8 Å². The number of aryl methyl sites for hydroxylation is 1. The molecular weight excluding hydrogens is 506 g/mol. The molecule has 1 fully saturated rings. The van der Waals surface area contributed by atoms with Crippen LogP contribution in [-0.4, -0.2) is 56.9 Å². The highest BCUT2D eigenvalue weighted by Crippen LogP contribution is 2.35. The van der Waals surface area contributed by atoms with Crippen LogP contribution in [-0.2, 0) is 13.1 Å². The number of hydrogen-bond donors (Lipinski definition) is 1. The average Bonchev–Trinajstić information content (AvgIpc) is 2.94. The van der Waals surface area contributed by atoms with Gasteiger partial charge in [-0.15, -0.1) is 11.8 Å². The number of anilines is 1. The van der Waals surface area contributed by atoms with Gasteiger partial charge in [-0.3, -0.25) is 14.7 Å². The Balaban J connectivity index is 1.37. The highest BCUT2D eigenvalue weighted by Gasteiger charge is 2.29.